The summed E-state index contributed by atoms with van der Waals surface area (Å²) in [6.45, 7) is 6.56. The van der Waals surface area contributed by atoms with Crippen molar-refractivity contribution in [3.8, 4) is 39.7 Å². The van der Waals surface area contributed by atoms with E-state index in [4.69, 9.17) is 5.26 Å². The molecule has 3 nitrogen and oxygen atoms in total. The smallest absolute Gasteiger partial charge is 0.343 e. The van der Waals surface area contributed by atoms with E-state index in [1.54, 1.807) is 6.07 Å². The third kappa shape index (κ3) is 5.41. The van der Waals surface area contributed by atoms with Gasteiger partial charge in [-0.2, -0.15) is 16.9 Å². The summed E-state index contributed by atoms with van der Waals surface area (Å²) in [4.78, 5) is 4.47. The molecule has 4 heteroatoms. The van der Waals surface area contributed by atoms with Crippen LogP contribution in [0.15, 0.2) is 109 Å². The number of pyridine rings is 2. The Morgan fingerprint density at radius 3 is 2.37 bits per heavy atom. The van der Waals surface area contributed by atoms with E-state index in [2.05, 4.69) is 84.9 Å². The fraction of sp³-hybridized carbons (Fsp3) is 0.0882. The number of hydrogen-bond acceptors (Lipinski definition) is 2. The number of benzene rings is 3. The Morgan fingerprint density at radius 2 is 1.63 bits per heavy atom. The molecule has 0 aliphatic carbocycles. The van der Waals surface area contributed by atoms with Gasteiger partial charge in [0, 0.05) is 12.2 Å². The van der Waals surface area contributed by atoms with Gasteiger partial charge in [0.05, 0.1) is 23.0 Å². The summed E-state index contributed by atoms with van der Waals surface area (Å²) in [5, 5.41) is 8.93. The van der Waals surface area contributed by atoms with Gasteiger partial charge in [0.2, 0.25) is 0 Å². The van der Waals surface area contributed by atoms with Crippen molar-refractivity contribution < 1.29 is 24.7 Å². The number of rotatable bonds is 2. The first kappa shape index (κ1) is 26.9. The third-order valence-electron chi connectivity index (χ3n) is 6.74. The largest absolute Gasteiger partial charge is 3.00 e. The number of nitriles is 1. The Kier molecular flexibility index (Phi) is 8.44. The van der Waals surface area contributed by atoms with Crippen LogP contribution in [0.3, 0.4) is 0 Å². The van der Waals surface area contributed by atoms with Crippen LogP contribution in [0.4, 0.5) is 0 Å². The molecular weight excluding hydrogens is 643 g/mol. The van der Waals surface area contributed by atoms with E-state index in [-0.39, 0.29) is 20.1 Å². The molecule has 1 aliphatic heterocycles. The molecule has 1 aliphatic rings. The van der Waals surface area contributed by atoms with E-state index in [1.165, 1.54) is 34.5 Å². The molecule has 0 radical (unpaired) electrons. The van der Waals surface area contributed by atoms with E-state index in [0.29, 0.717) is 5.56 Å². The predicted molar refractivity (Wildman–Crippen MR) is 148 cm³/mol. The van der Waals surface area contributed by atoms with Crippen LogP contribution in [0.1, 0.15) is 30.7 Å². The zero-order chi connectivity index (χ0) is 25.8. The zero-order valence-corrected chi connectivity index (χ0v) is 24.0. The molecule has 6 rings (SSSR count). The standard InChI is InChI=1S/C18H11N2.C16H16N.Ir/c19-12-14-5-4-8-16(11-14)17-9-10-18(20-13-17)15-6-2-1-3-7-15;1-11-7-6-10-16-15-9-5-4-8-14(15)12(2)13(3)17(11)16;/h1-6,8-11,13H;4-10H,1-3H3;/q2*-1;+3. The molecule has 0 fully saturated rings. The van der Waals surface area contributed by atoms with Crippen LogP contribution in [0, 0.1) is 36.3 Å². The maximum atomic E-state index is 8.93. The van der Waals surface area contributed by atoms with Gasteiger partial charge < -0.3 is 9.55 Å². The minimum absolute atomic E-state index is 0. The fourth-order valence-corrected chi connectivity index (χ4v) is 4.71. The predicted octanol–water partition coefficient (Wildman–Crippen LogP) is 7.39. The Balaban J connectivity index is 0.000000174. The molecule has 38 heavy (non-hydrogen) atoms. The van der Waals surface area contributed by atoms with Gasteiger partial charge in [0.25, 0.3) is 0 Å². The Bertz CT molecular complexity index is 1570. The van der Waals surface area contributed by atoms with Gasteiger partial charge in [-0.25, -0.2) is 0 Å². The van der Waals surface area contributed by atoms with Crippen molar-refractivity contribution in [1.82, 2.24) is 4.98 Å². The minimum atomic E-state index is 0. The first-order valence-electron chi connectivity index (χ1n) is 12.3. The quantitative estimate of drug-likeness (QED) is 0.145. The van der Waals surface area contributed by atoms with Gasteiger partial charge in [0.15, 0.2) is 0 Å². The van der Waals surface area contributed by atoms with Crippen LogP contribution < -0.4 is 4.57 Å². The van der Waals surface area contributed by atoms with Crippen molar-refractivity contribution in [2.24, 2.45) is 0 Å². The molecule has 0 N–H and O–H groups in total. The average molecular weight is 670 g/mol. The van der Waals surface area contributed by atoms with Crippen molar-refractivity contribution in [3.63, 3.8) is 0 Å². The van der Waals surface area contributed by atoms with E-state index < -0.39 is 0 Å². The van der Waals surface area contributed by atoms with Gasteiger partial charge in [-0.15, -0.1) is 59.5 Å². The van der Waals surface area contributed by atoms with Gasteiger partial charge in [-0.05, 0) is 42.8 Å². The average Bonchev–Trinajstić information content (AvgIpc) is 2.97. The van der Waals surface area contributed by atoms with Crippen molar-refractivity contribution in [3.05, 3.63) is 144 Å². The van der Waals surface area contributed by atoms with Gasteiger partial charge in [0.1, 0.15) is 0 Å². The van der Waals surface area contributed by atoms with Gasteiger partial charge in [-0.1, -0.05) is 55.5 Å². The molecule has 5 aromatic rings. The van der Waals surface area contributed by atoms with E-state index in [9.17, 15) is 0 Å². The summed E-state index contributed by atoms with van der Waals surface area (Å²) in [5.41, 5.74) is 9.80. The monoisotopic (exact) mass is 670 g/mol. The van der Waals surface area contributed by atoms with Crippen molar-refractivity contribution in [2.75, 3.05) is 0 Å². The summed E-state index contributed by atoms with van der Waals surface area (Å²) in [6, 6.07) is 41.0. The first-order valence-corrected chi connectivity index (χ1v) is 12.3. The second-order valence-corrected chi connectivity index (χ2v) is 9.04. The first-order chi connectivity index (χ1) is 18.1. The molecule has 0 unspecified atom stereocenters. The van der Waals surface area contributed by atoms with Crippen molar-refractivity contribution in [2.45, 2.75) is 20.8 Å². The van der Waals surface area contributed by atoms with Gasteiger partial charge >= 0.3 is 20.1 Å². The SMILES string of the molecule is Cc1cccc2[n+]1[C-](C)[C-](C)c1ccccc1-2.N#Cc1cccc(-c2ccc(-c3[c-]cccc3)nc2)c1.[Ir+3]. The number of aromatic nitrogens is 2. The second-order valence-electron chi connectivity index (χ2n) is 9.04. The summed E-state index contributed by atoms with van der Waals surface area (Å²) < 4.78 is 2.34. The number of nitrogens with zero attached hydrogens (tertiary/aromatic N) is 3. The molecule has 186 valence electrons. The second kappa shape index (κ2) is 11.9. The minimum Gasteiger partial charge on any atom is -0.343 e. The molecular formula is C34H27IrN3+. The number of aryl methyl sites for hydroxylation is 1. The molecule has 2 aromatic heterocycles. The Hall–Kier alpha value is -4.16. The third-order valence-corrected chi connectivity index (χ3v) is 6.74. The normalized spacial score (nSPS) is 11.2. The molecule has 0 saturated carbocycles. The van der Waals surface area contributed by atoms with Crippen LogP contribution in [0.2, 0.25) is 0 Å². The number of hydrogen-bond donors (Lipinski definition) is 0. The molecule has 0 spiro atoms. The maximum absolute atomic E-state index is 8.93. The van der Waals surface area contributed by atoms with Crippen LogP contribution in [-0.4, -0.2) is 4.98 Å². The summed E-state index contributed by atoms with van der Waals surface area (Å²) in [6.07, 6.45) is 1.83. The molecule has 0 amide bonds. The van der Waals surface area contributed by atoms with E-state index in [0.717, 1.165) is 22.4 Å². The Labute approximate surface area is 238 Å². The molecule has 0 bridgehead atoms. The summed E-state index contributed by atoms with van der Waals surface area (Å²) in [7, 11) is 0. The topological polar surface area (TPSA) is 40.6 Å². The summed E-state index contributed by atoms with van der Waals surface area (Å²) in [5.74, 6) is 1.37. The molecule has 0 saturated heterocycles. The van der Waals surface area contributed by atoms with Crippen LogP contribution in [0.25, 0.3) is 33.6 Å². The molecule has 3 heterocycles. The van der Waals surface area contributed by atoms with Crippen molar-refractivity contribution >= 4 is 0 Å². The molecule has 3 aromatic carbocycles. The van der Waals surface area contributed by atoms with Crippen molar-refractivity contribution in [1.29, 1.82) is 5.26 Å². The maximum Gasteiger partial charge on any atom is 3.00 e. The van der Waals surface area contributed by atoms with E-state index in [1.807, 2.05) is 60.8 Å². The van der Waals surface area contributed by atoms with E-state index >= 15 is 0 Å². The van der Waals surface area contributed by atoms with Crippen LogP contribution >= 0.6 is 0 Å². The number of fused-ring (bicyclic) bond motifs is 3. The van der Waals surface area contributed by atoms with Gasteiger partial charge in [-0.3, -0.25) is 0 Å². The molecule has 0 atom stereocenters. The fourth-order valence-electron chi connectivity index (χ4n) is 4.71. The summed E-state index contributed by atoms with van der Waals surface area (Å²) >= 11 is 0. The Morgan fingerprint density at radius 1 is 0.842 bits per heavy atom. The zero-order valence-electron chi connectivity index (χ0n) is 21.6. The van der Waals surface area contributed by atoms with Crippen LogP contribution in [0.5, 0.6) is 0 Å². The van der Waals surface area contributed by atoms with Crippen LogP contribution in [-0.2, 0) is 20.1 Å².